The Morgan fingerprint density at radius 3 is 2.47 bits per heavy atom. The Labute approximate surface area is 209 Å². The summed E-state index contributed by atoms with van der Waals surface area (Å²) < 4.78 is 11.0. The van der Waals surface area contributed by atoms with E-state index in [1.165, 1.54) is 32.1 Å². The molecule has 2 N–H and O–H groups in total. The van der Waals surface area contributed by atoms with E-state index in [-0.39, 0.29) is 5.75 Å². The van der Waals surface area contributed by atoms with Gasteiger partial charge in [0.05, 0.1) is 17.5 Å². The Bertz CT molecular complexity index is 1250. The zero-order chi connectivity index (χ0) is 24.1. The van der Waals surface area contributed by atoms with Crippen LogP contribution in [0, 0.1) is 0 Å². The summed E-state index contributed by atoms with van der Waals surface area (Å²) in [4.78, 5) is 7.08. The van der Waals surface area contributed by atoms with Crippen LogP contribution in [0.3, 0.4) is 0 Å². The molecule has 2 aromatic heterocycles. The summed E-state index contributed by atoms with van der Waals surface area (Å²) in [7, 11) is 0. The van der Waals surface area contributed by atoms with E-state index in [4.69, 9.17) is 9.47 Å². The highest BCUT2D eigenvalue weighted by atomic mass is 16.6. The highest BCUT2D eigenvalue weighted by molar-refractivity contribution is 5.72. The molecule has 10 heteroatoms. The number of phenolic OH excluding ortho intramolecular Hbond substituents is 1. The Balaban J connectivity index is 1.12. The first-order valence-corrected chi connectivity index (χ1v) is 12.9. The van der Waals surface area contributed by atoms with Gasteiger partial charge in [0, 0.05) is 35.8 Å². The van der Waals surface area contributed by atoms with Crippen LogP contribution in [0.15, 0.2) is 30.5 Å². The summed E-state index contributed by atoms with van der Waals surface area (Å²) in [6.07, 6.45) is 10.4. The normalized spacial score (nSPS) is 24.8. The van der Waals surface area contributed by atoms with Gasteiger partial charge in [-0.25, -0.2) is 4.98 Å². The van der Waals surface area contributed by atoms with Crippen molar-refractivity contribution in [2.75, 3.05) is 18.1 Å². The highest BCUT2D eigenvalue weighted by Crippen LogP contribution is 2.39. The number of aromatic nitrogens is 5. The summed E-state index contributed by atoms with van der Waals surface area (Å²) in [6.45, 7) is 0.931. The van der Waals surface area contributed by atoms with Crippen LogP contribution < -0.4 is 19.7 Å². The molecule has 7 rings (SSSR count). The molecule has 0 spiro atoms. The third-order valence-electron chi connectivity index (χ3n) is 7.68. The van der Waals surface area contributed by atoms with E-state index in [1.807, 2.05) is 12.3 Å². The fourth-order valence-electron chi connectivity index (χ4n) is 5.88. The van der Waals surface area contributed by atoms with Crippen LogP contribution in [0.5, 0.6) is 17.4 Å². The van der Waals surface area contributed by atoms with Crippen molar-refractivity contribution in [3.05, 3.63) is 30.5 Å². The molecule has 36 heavy (non-hydrogen) atoms. The van der Waals surface area contributed by atoms with Crippen molar-refractivity contribution in [1.29, 1.82) is 0 Å². The predicted octanol–water partition coefficient (Wildman–Crippen LogP) is 3.11. The van der Waals surface area contributed by atoms with Crippen molar-refractivity contribution >= 4 is 5.82 Å². The van der Waals surface area contributed by atoms with E-state index < -0.39 is 0 Å². The van der Waals surface area contributed by atoms with E-state index in [0.29, 0.717) is 71.7 Å². The number of piperidine rings is 2. The van der Waals surface area contributed by atoms with E-state index in [1.54, 1.807) is 18.2 Å². The summed E-state index contributed by atoms with van der Waals surface area (Å²) in [5.74, 6) is 2.24. The van der Waals surface area contributed by atoms with Crippen LogP contribution in [0.4, 0.5) is 5.82 Å². The largest absolute Gasteiger partial charge is 0.507 e. The molecule has 2 bridgehead atoms. The average Bonchev–Trinajstić information content (AvgIpc) is 3.74. The van der Waals surface area contributed by atoms with E-state index in [2.05, 4.69) is 35.6 Å². The van der Waals surface area contributed by atoms with E-state index >= 15 is 0 Å². The molecule has 4 aliphatic rings. The predicted molar refractivity (Wildman–Crippen MR) is 132 cm³/mol. The van der Waals surface area contributed by atoms with Gasteiger partial charge in [-0.3, -0.25) is 0 Å². The first-order chi connectivity index (χ1) is 17.7. The molecule has 2 saturated heterocycles. The van der Waals surface area contributed by atoms with Crippen molar-refractivity contribution in [3.63, 3.8) is 0 Å². The van der Waals surface area contributed by atoms with Gasteiger partial charge in [0.15, 0.2) is 17.4 Å². The van der Waals surface area contributed by atoms with Gasteiger partial charge in [0.1, 0.15) is 19.0 Å². The smallest absolute Gasteiger partial charge is 0.276 e. The van der Waals surface area contributed by atoms with E-state index in [9.17, 15) is 5.11 Å². The zero-order valence-corrected chi connectivity index (χ0v) is 20.0. The van der Waals surface area contributed by atoms with Gasteiger partial charge in [0.2, 0.25) is 0 Å². The lowest BCUT2D eigenvalue weighted by Crippen LogP contribution is -2.55. The SMILES string of the molecule is Oc1cc(-c2cc3c(nn2)OCCO3)ccc1-c1ncc(N(C2CC2)C2C[C@H]3CCC[C@@H](C2)N3)nn1. The Kier molecular flexibility index (Phi) is 5.34. The molecule has 10 nitrogen and oxygen atoms in total. The highest BCUT2D eigenvalue weighted by Gasteiger charge is 2.40. The lowest BCUT2D eigenvalue weighted by Gasteiger charge is -2.45. The maximum absolute atomic E-state index is 10.8. The van der Waals surface area contributed by atoms with Gasteiger partial charge in [0.25, 0.3) is 5.88 Å². The minimum Gasteiger partial charge on any atom is -0.507 e. The second-order valence-electron chi connectivity index (χ2n) is 10.2. The molecule has 1 unspecified atom stereocenters. The van der Waals surface area contributed by atoms with Gasteiger partial charge >= 0.3 is 0 Å². The molecule has 3 aromatic rings. The second-order valence-corrected chi connectivity index (χ2v) is 10.2. The van der Waals surface area contributed by atoms with Crippen LogP contribution in [0.2, 0.25) is 0 Å². The number of aromatic hydroxyl groups is 1. The van der Waals surface area contributed by atoms with Crippen LogP contribution in [-0.2, 0) is 0 Å². The summed E-state index contributed by atoms with van der Waals surface area (Å²) in [6, 6.07) is 9.28. The van der Waals surface area contributed by atoms with Crippen molar-refractivity contribution in [2.24, 2.45) is 0 Å². The average molecular weight is 488 g/mol. The van der Waals surface area contributed by atoms with Gasteiger partial charge in [-0.1, -0.05) is 12.5 Å². The molecule has 3 atom stereocenters. The maximum atomic E-state index is 10.8. The van der Waals surface area contributed by atoms with Gasteiger partial charge in [-0.05, 0) is 50.7 Å². The number of benzene rings is 1. The number of nitrogens with zero attached hydrogens (tertiary/aromatic N) is 6. The topological polar surface area (TPSA) is 118 Å². The fraction of sp³-hybridized carbons (Fsp3) is 0.500. The summed E-state index contributed by atoms with van der Waals surface area (Å²) >= 11 is 0. The Morgan fingerprint density at radius 2 is 1.72 bits per heavy atom. The third kappa shape index (κ3) is 4.09. The number of fused-ring (bicyclic) bond motifs is 3. The van der Waals surface area contributed by atoms with Crippen molar-refractivity contribution in [3.8, 4) is 40.0 Å². The van der Waals surface area contributed by atoms with Crippen LogP contribution in [0.1, 0.15) is 44.9 Å². The first kappa shape index (κ1) is 21.7. The molecule has 3 aliphatic heterocycles. The number of ether oxygens (including phenoxy) is 2. The number of nitrogens with one attached hydrogen (secondary N) is 1. The fourth-order valence-corrected chi connectivity index (χ4v) is 5.88. The number of rotatable bonds is 5. The van der Waals surface area contributed by atoms with Crippen LogP contribution in [0.25, 0.3) is 22.6 Å². The third-order valence-corrected chi connectivity index (χ3v) is 7.68. The van der Waals surface area contributed by atoms with Gasteiger partial charge in [-0.15, -0.1) is 20.4 Å². The monoisotopic (exact) mass is 487 g/mol. The lowest BCUT2D eigenvalue weighted by atomic mass is 9.83. The first-order valence-electron chi connectivity index (χ1n) is 12.9. The molecule has 1 aliphatic carbocycles. The molecule has 3 fully saturated rings. The molecule has 1 saturated carbocycles. The van der Waals surface area contributed by atoms with Crippen molar-refractivity contribution in [1.82, 2.24) is 30.7 Å². The number of hydrogen-bond acceptors (Lipinski definition) is 10. The molecular weight excluding hydrogens is 458 g/mol. The maximum Gasteiger partial charge on any atom is 0.276 e. The van der Waals surface area contributed by atoms with Crippen LogP contribution in [-0.4, -0.2) is 67.9 Å². The summed E-state index contributed by atoms with van der Waals surface area (Å²) in [5.41, 5.74) is 1.82. The Morgan fingerprint density at radius 1 is 0.889 bits per heavy atom. The second kappa shape index (κ2) is 8.85. The van der Waals surface area contributed by atoms with Crippen LogP contribution >= 0.6 is 0 Å². The summed E-state index contributed by atoms with van der Waals surface area (Å²) in [5, 5.41) is 31.9. The minimum atomic E-state index is 0.0592. The van der Waals surface area contributed by atoms with E-state index in [0.717, 1.165) is 18.7 Å². The standard InChI is InChI=1S/C26H29N7O3/c34-22-10-15(21-13-23-26(32-29-21)36-9-8-35-23)4-7-20(22)25-27-14-24(30-31-25)33(18-5-6-18)19-11-16-2-1-3-17(12-19)28-16/h4,7,10,13-14,16-19,28,34H,1-3,5-6,8-9,11-12H2/t16-,17+,19?. The number of hydrogen-bond donors (Lipinski definition) is 2. The number of anilines is 1. The lowest BCUT2D eigenvalue weighted by molar-refractivity contribution is 0.162. The zero-order valence-electron chi connectivity index (χ0n) is 20.0. The minimum absolute atomic E-state index is 0.0592. The molecule has 5 heterocycles. The molecule has 1 aromatic carbocycles. The Hall–Kier alpha value is -3.53. The molecule has 186 valence electrons. The number of phenols is 1. The molecule has 0 radical (unpaired) electrons. The molecular formula is C26H29N7O3. The molecule has 0 amide bonds. The van der Waals surface area contributed by atoms with Gasteiger partial charge < -0.3 is 24.8 Å². The van der Waals surface area contributed by atoms with Crippen molar-refractivity contribution < 1.29 is 14.6 Å². The quantitative estimate of drug-likeness (QED) is 0.556. The van der Waals surface area contributed by atoms with Gasteiger partial charge in [-0.2, -0.15) is 0 Å². The van der Waals surface area contributed by atoms with Crippen molar-refractivity contribution in [2.45, 2.75) is 69.1 Å².